The van der Waals surface area contributed by atoms with Crippen LogP contribution >= 0.6 is 34.5 Å². The maximum absolute atomic E-state index is 13.0. The van der Waals surface area contributed by atoms with Crippen molar-refractivity contribution in [3.05, 3.63) is 89.3 Å². The summed E-state index contributed by atoms with van der Waals surface area (Å²) in [6.07, 6.45) is 1.64. The zero-order valence-corrected chi connectivity index (χ0v) is 16.1. The van der Waals surface area contributed by atoms with Crippen LogP contribution in [0.4, 0.5) is 0 Å². The molecule has 0 aliphatic rings. The molecule has 0 N–H and O–H groups in total. The first-order valence-corrected chi connectivity index (χ1v) is 9.35. The molecule has 132 valence electrons. The Bertz CT molecular complexity index is 1250. The van der Waals surface area contributed by atoms with Crippen LogP contribution in [0.1, 0.15) is 11.1 Å². The molecular weight excluding hydrogens is 401 g/mol. The Morgan fingerprint density at radius 1 is 1.11 bits per heavy atom. The lowest BCUT2D eigenvalue weighted by molar-refractivity contribution is 0.754. The van der Waals surface area contributed by atoms with Crippen LogP contribution in [0.3, 0.4) is 0 Å². The van der Waals surface area contributed by atoms with E-state index in [1.54, 1.807) is 24.3 Å². The van der Waals surface area contributed by atoms with Crippen molar-refractivity contribution in [2.75, 3.05) is 0 Å². The second-order valence-corrected chi connectivity index (χ2v) is 7.43. The normalized spacial score (nSPS) is 11.0. The van der Waals surface area contributed by atoms with Gasteiger partial charge in [-0.2, -0.15) is 10.5 Å². The molecule has 2 aromatic carbocycles. The molecule has 1 aromatic heterocycles. The number of nitriles is 2. The molecule has 0 fully saturated rings. The molecule has 0 bridgehead atoms. The van der Waals surface area contributed by atoms with E-state index in [1.165, 1.54) is 4.57 Å². The maximum atomic E-state index is 13.0. The Balaban J connectivity index is 2.27. The highest BCUT2D eigenvalue weighted by atomic mass is 35.5. The number of thiazole rings is 1. The molecule has 0 amide bonds. The quantitative estimate of drug-likeness (QED) is 0.663. The van der Waals surface area contributed by atoms with E-state index in [-0.39, 0.29) is 17.7 Å². The minimum atomic E-state index is -0.284. The second kappa shape index (κ2) is 8.24. The molecule has 0 radical (unpaired) electrons. The Hall–Kier alpha value is -2.83. The number of rotatable bonds is 3. The fourth-order valence-corrected chi connectivity index (χ4v) is 4.00. The molecular formula is C20H11Cl2N3OS. The topological polar surface area (TPSA) is 69.6 Å². The molecule has 3 aromatic rings. The van der Waals surface area contributed by atoms with Crippen molar-refractivity contribution in [1.82, 2.24) is 4.57 Å². The van der Waals surface area contributed by atoms with Gasteiger partial charge in [0.05, 0.1) is 11.1 Å². The van der Waals surface area contributed by atoms with Gasteiger partial charge in [-0.3, -0.25) is 9.36 Å². The number of hydrogen-bond acceptors (Lipinski definition) is 4. The van der Waals surface area contributed by atoms with Crippen molar-refractivity contribution in [2.45, 2.75) is 6.54 Å². The molecule has 4 nitrogen and oxygen atoms in total. The second-order valence-electron chi connectivity index (χ2n) is 5.56. The minimum Gasteiger partial charge on any atom is -0.293 e. The molecule has 3 rings (SSSR count). The van der Waals surface area contributed by atoms with E-state index in [0.29, 0.717) is 24.8 Å². The van der Waals surface area contributed by atoms with Crippen molar-refractivity contribution >= 4 is 46.2 Å². The lowest BCUT2D eigenvalue weighted by Gasteiger charge is -2.02. The maximum Gasteiger partial charge on any atom is 0.269 e. The minimum absolute atomic E-state index is 0.102. The van der Waals surface area contributed by atoms with Crippen molar-refractivity contribution < 1.29 is 0 Å². The fourth-order valence-electron chi connectivity index (χ4n) is 2.50. The molecule has 1 heterocycles. The molecule has 0 aliphatic heterocycles. The molecule has 7 heteroatoms. The van der Waals surface area contributed by atoms with Crippen LogP contribution in [0.5, 0.6) is 0 Å². The van der Waals surface area contributed by atoms with Crippen molar-refractivity contribution in [1.29, 1.82) is 10.5 Å². The van der Waals surface area contributed by atoms with Gasteiger partial charge in [0, 0.05) is 10.0 Å². The fraction of sp³-hybridized carbons (Fsp3) is 0.0500. The highest BCUT2D eigenvalue weighted by Crippen LogP contribution is 2.21. The van der Waals surface area contributed by atoms with Gasteiger partial charge in [0.2, 0.25) is 0 Å². The number of hydrogen-bond donors (Lipinski definition) is 0. The van der Waals surface area contributed by atoms with Gasteiger partial charge in [0.25, 0.3) is 5.56 Å². The molecule has 0 unspecified atom stereocenters. The molecule has 0 aliphatic carbocycles. The summed E-state index contributed by atoms with van der Waals surface area (Å²) in [5.41, 5.74) is 1.14. The van der Waals surface area contributed by atoms with Gasteiger partial charge in [0.15, 0.2) is 5.57 Å². The predicted molar refractivity (Wildman–Crippen MR) is 108 cm³/mol. The molecule has 27 heavy (non-hydrogen) atoms. The number of halogens is 2. The Kier molecular flexibility index (Phi) is 5.78. The number of benzene rings is 2. The molecule has 0 atom stereocenters. The van der Waals surface area contributed by atoms with Crippen molar-refractivity contribution in [2.24, 2.45) is 0 Å². The van der Waals surface area contributed by atoms with Gasteiger partial charge in [-0.1, -0.05) is 59.6 Å². The first-order valence-electron chi connectivity index (χ1n) is 7.78. The summed E-state index contributed by atoms with van der Waals surface area (Å²) in [7, 11) is 0. The zero-order valence-electron chi connectivity index (χ0n) is 13.8. The monoisotopic (exact) mass is 411 g/mol. The Morgan fingerprint density at radius 2 is 1.81 bits per heavy atom. The van der Waals surface area contributed by atoms with Gasteiger partial charge < -0.3 is 0 Å². The van der Waals surface area contributed by atoms with Crippen LogP contribution < -0.4 is 14.8 Å². The van der Waals surface area contributed by atoms with E-state index in [1.807, 2.05) is 42.5 Å². The first-order chi connectivity index (χ1) is 13.0. The lowest BCUT2D eigenvalue weighted by Crippen LogP contribution is -2.32. The van der Waals surface area contributed by atoms with E-state index >= 15 is 0 Å². The third-order valence-electron chi connectivity index (χ3n) is 3.78. The van der Waals surface area contributed by atoms with Gasteiger partial charge in [0.1, 0.15) is 16.8 Å². The average molecular weight is 412 g/mol. The molecule has 0 saturated heterocycles. The van der Waals surface area contributed by atoms with E-state index in [4.69, 9.17) is 23.2 Å². The van der Waals surface area contributed by atoms with Crippen LogP contribution in [0, 0.1) is 22.7 Å². The van der Waals surface area contributed by atoms with Gasteiger partial charge in [-0.15, -0.1) is 11.3 Å². The summed E-state index contributed by atoms with van der Waals surface area (Å²) in [4.78, 5) is 13.0. The summed E-state index contributed by atoms with van der Waals surface area (Å²) >= 11 is 13.2. The van der Waals surface area contributed by atoms with Crippen LogP contribution in [0.25, 0.3) is 11.6 Å². The SMILES string of the molecule is N#CC(C#N)=c1sc(=Cc2ccc(Cl)cc2Cl)c(=O)n1Cc1ccccc1. The largest absolute Gasteiger partial charge is 0.293 e. The smallest absolute Gasteiger partial charge is 0.269 e. The van der Waals surface area contributed by atoms with Gasteiger partial charge >= 0.3 is 0 Å². The van der Waals surface area contributed by atoms with E-state index in [2.05, 4.69) is 0 Å². The van der Waals surface area contributed by atoms with Gasteiger partial charge in [-0.05, 0) is 29.3 Å². The summed E-state index contributed by atoms with van der Waals surface area (Å²) in [5.74, 6) is 0. The standard InChI is InChI=1S/C20H11Cl2N3OS/c21-16-7-6-14(17(22)9-16)8-18-19(26)25(12-13-4-2-1-3-5-13)20(27-18)15(10-23)11-24/h1-9H,12H2. The lowest BCUT2D eigenvalue weighted by atomic mass is 10.2. The first kappa shape index (κ1) is 18.9. The summed E-state index contributed by atoms with van der Waals surface area (Å²) in [6, 6.07) is 18.1. The zero-order chi connectivity index (χ0) is 19.4. The van der Waals surface area contributed by atoms with Crippen molar-refractivity contribution in [3.8, 4) is 12.1 Å². The highest BCUT2D eigenvalue weighted by molar-refractivity contribution is 7.07. The third kappa shape index (κ3) is 4.13. The van der Waals surface area contributed by atoms with Gasteiger partial charge in [-0.25, -0.2) is 0 Å². The highest BCUT2D eigenvalue weighted by Gasteiger charge is 2.10. The van der Waals surface area contributed by atoms with Crippen LogP contribution in [-0.4, -0.2) is 4.57 Å². The average Bonchev–Trinajstić information content (AvgIpc) is 2.96. The number of nitrogens with zero attached hydrogens (tertiary/aromatic N) is 3. The molecule has 0 spiro atoms. The Morgan fingerprint density at radius 3 is 2.44 bits per heavy atom. The van der Waals surface area contributed by atoms with Crippen molar-refractivity contribution in [3.63, 3.8) is 0 Å². The molecule has 0 saturated carbocycles. The van der Waals surface area contributed by atoms with Crippen LogP contribution in [-0.2, 0) is 6.54 Å². The number of aromatic nitrogens is 1. The predicted octanol–water partition coefficient (Wildman–Crippen LogP) is 3.29. The van der Waals surface area contributed by atoms with E-state index < -0.39 is 0 Å². The summed E-state index contributed by atoms with van der Waals surface area (Å²) in [5, 5.41) is 19.4. The third-order valence-corrected chi connectivity index (χ3v) is 5.47. The van der Waals surface area contributed by atoms with E-state index in [9.17, 15) is 15.3 Å². The van der Waals surface area contributed by atoms with Crippen LogP contribution in [0.2, 0.25) is 10.0 Å². The Labute approximate surface area is 169 Å². The summed E-state index contributed by atoms with van der Waals surface area (Å²) in [6.45, 7) is 0.264. The summed E-state index contributed by atoms with van der Waals surface area (Å²) < 4.78 is 2.15. The van der Waals surface area contributed by atoms with E-state index in [0.717, 1.165) is 16.9 Å². The van der Waals surface area contributed by atoms with Crippen LogP contribution in [0.15, 0.2) is 53.3 Å².